The van der Waals surface area contributed by atoms with Crippen LogP contribution >= 0.6 is 0 Å². The first-order chi connectivity index (χ1) is 11.2. The van der Waals surface area contributed by atoms with E-state index in [1.807, 2.05) is 0 Å². The molecule has 0 bridgehead atoms. The molecule has 0 amide bonds. The first kappa shape index (κ1) is 17.7. The van der Waals surface area contributed by atoms with Crippen LogP contribution in [0.1, 0.15) is 59.3 Å². The number of hydrogen-bond donors (Lipinski definition) is 2. The van der Waals surface area contributed by atoms with Crippen molar-refractivity contribution in [2.75, 3.05) is 26.4 Å². The zero-order valence-corrected chi connectivity index (χ0v) is 15.3. The number of rotatable bonds is 7. The second-order valence-electron chi connectivity index (χ2n) is 7.68. The van der Waals surface area contributed by atoms with E-state index in [0.29, 0.717) is 29.6 Å². The lowest BCUT2D eigenvalue weighted by Gasteiger charge is -2.57. The third-order valence-corrected chi connectivity index (χ3v) is 6.92. The average Bonchev–Trinajstić information content (AvgIpc) is 3.04. The molecule has 23 heavy (non-hydrogen) atoms. The summed E-state index contributed by atoms with van der Waals surface area (Å²) in [5, 5.41) is 7.76. The van der Waals surface area contributed by atoms with Crippen LogP contribution in [-0.4, -0.2) is 50.6 Å². The molecular weight excluding hydrogens is 288 g/mol. The molecule has 0 radical (unpaired) electrons. The molecule has 3 aliphatic rings. The first-order valence-electron chi connectivity index (χ1n) is 9.93. The van der Waals surface area contributed by atoms with E-state index in [4.69, 9.17) is 9.47 Å². The van der Waals surface area contributed by atoms with Crippen molar-refractivity contribution in [3.8, 4) is 0 Å². The van der Waals surface area contributed by atoms with Crippen LogP contribution < -0.4 is 10.6 Å². The standard InChI is InChI=1S/C19H36N2O2/c1-4-19(5-2)17(12-18(19)23-6-3)21-15-9-7-8-14(15)16-13-22-11-10-20-16/h14-18,20-21H,4-13H2,1-3H3. The minimum absolute atomic E-state index is 0.347. The second-order valence-corrected chi connectivity index (χ2v) is 7.68. The highest BCUT2D eigenvalue weighted by atomic mass is 16.5. The summed E-state index contributed by atoms with van der Waals surface area (Å²) in [4.78, 5) is 0. The van der Waals surface area contributed by atoms with Crippen LogP contribution in [0, 0.1) is 11.3 Å². The van der Waals surface area contributed by atoms with Crippen molar-refractivity contribution in [1.29, 1.82) is 0 Å². The minimum atomic E-state index is 0.347. The monoisotopic (exact) mass is 324 g/mol. The lowest BCUT2D eigenvalue weighted by molar-refractivity contribution is -0.141. The van der Waals surface area contributed by atoms with Crippen molar-refractivity contribution < 1.29 is 9.47 Å². The molecule has 0 aromatic carbocycles. The highest BCUT2D eigenvalue weighted by Gasteiger charge is 2.54. The third kappa shape index (κ3) is 3.33. The molecule has 1 heterocycles. The van der Waals surface area contributed by atoms with Gasteiger partial charge < -0.3 is 20.1 Å². The van der Waals surface area contributed by atoms with Gasteiger partial charge in [-0.2, -0.15) is 0 Å². The fourth-order valence-corrected chi connectivity index (χ4v) is 5.41. The zero-order valence-electron chi connectivity index (χ0n) is 15.3. The Kier molecular flexibility index (Phi) is 6.00. The van der Waals surface area contributed by atoms with Crippen LogP contribution in [0.2, 0.25) is 0 Å². The van der Waals surface area contributed by atoms with Crippen LogP contribution in [0.5, 0.6) is 0 Å². The molecule has 1 saturated heterocycles. The van der Waals surface area contributed by atoms with Gasteiger partial charge in [0.1, 0.15) is 0 Å². The zero-order chi connectivity index (χ0) is 16.3. The second kappa shape index (κ2) is 7.81. The van der Waals surface area contributed by atoms with E-state index in [1.165, 1.54) is 38.5 Å². The maximum atomic E-state index is 6.04. The van der Waals surface area contributed by atoms with E-state index in [9.17, 15) is 0 Å². The maximum Gasteiger partial charge on any atom is 0.0660 e. The van der Waals surface area contributed by atoms with Gasteiger partial charge in [0.05, 0.1) is 19.3 Å². The molecule has 5 atom stereocenters. The number of hydrogen-bond acceptors (Lipinski definition) is 4. The summed E-state index contributed by atoms with van der Waals surface area (Å²) in [5.41, 5.74) is 0.347. The summed E-state index contributed by atoms with van der Waals surface area (Å²) < 4.78 is 11.8. The van der Waals surface area contributed by atoms with Gasteiger partial charge in [-0.15, -0.1) is 0 Å². The molecule has 2 saturated carbocycles. The van der Waals surface area contributed by atoms with E-state index < -0.39 is 0 Å². The fraction of sp³-hybridized carbons (Fsp3) is 1.00. The molecule has 4 nitrogen and oxygen atoms in total. The van der Waals surface area contributed by atoms with E-state index in [2.05, 4.69) is 31.4 Å². The van der Waals surface area contributed by atoms with E-state index in [-0.39, 0.29) is 0 Å². The topological polar surface area (TPSA) is 42.5 Å². The van der Waals surface area contributed by atoms with Crippen LogP contribution in [0.15, 0.2) is 0 Å². The van der Waals surface area contributed by atoms with Crippen molar-refractivity contribution in [2.24, 2.45) is 11.3 Å². The Balaban J connectivity index is 1.61. The molecule has 1 aliphatic heterocycles. The molecule has 0 aromatic heterocycles. The normalized spacial score (nSPS) is 40.0. The van der Waals surface area contributed by atoms with Crippen LogP contribution in [0.4, 0.5) is 0 Å². The number of ether oxygens (including phenoxy) is 2. The molecular formula is C19H36N2O2. The van der Waals surface area contributed by atoms with E-state index in [0.717, 1.165) is 32.3 Å². The molecule has 2 aliphatic carbocycles. The summed E-state index contributed by atoms with van der Waals surface area (Å²) in [5.74, 6) is 0.729. The Labute approximate surface area is 142 Å². The Morgan fingerprint density at radius 1 is 1.22 bits per heavy atom. The molecule has 134 valence electrons. The number of nitrogens with one attached hydrogen (secondary N) is 2. The molecule has 2 N–H and O–H groups in total. The summed E-state index contributed by atoms with van der Waals surface area (Å²) in [7, 11) is 0. The van der Waals surface area contributed by atoms with E-state index >= 15 is 0 Å². The lowest BCUT2D eigenvalue weighted by Crippen LogP contribution is -2.66. The first-order valence-corrected chi connectivity index (χ1v) is 9.93. The Hall–Kier alpha value is -0.160. The van der Waals surface area contributed by atoms with Crippen molar-refractivity contribution in [2.45, 2.75) is 83.5 Å². The van der Waals surface area contributed by atoms with E-state index in [1.54, 1.807) is 0 Å². The SMILES string of the molecule is CCOC1CC(NC2CCCC2C2COCCN2)C1(CC)CC. The highest BCUT2D eigenvalue weighted by Crippen LogP contribution is 2.49. The molecule has 5 unspecified atom stereocenters. The molecule has 3 fully saturated rings. The van der Waals surface area contributed by atoms with Crippen molar-refractivity contribution in [3.63, 3.8) is 0 Å². The Morgan fingerprint density at radius 3 is 2.70 bits per heavy atom. The van der Waals surface area contributed by atoms with Gasteiger partial charge in [0.25, 0.3) is 0 Å². The molecule has 0 aromatic rings. The van der Waals surface area contributed by atoms with Crippen LogP contribution in [0.3, 0.4) is 0 Å². The smallest absolute Gasteiger partial charge is 0.0660 e. The van der Waals surface area contributed by atoms with Crippen molar-refractivity contribution in [1.82, 2.24) is 10.6 Å². The van der Waals surface area contributed by atoms with Gasteiger partial charge in [0, 0.05) is 36.7 Å². The molecule has 0 spiro atoms. The van der Waals surface area contributed by atoms with Crippen molar-refractivity contribution >= 4 is 0 Å². The van der Waals surface area contributed by atoms with Gasteiger partial charge in [-0.25, -0.2) is 0 Å². The Bertz CT molecular complexity index is 366. The maximum absolute atomic E-state index is 6.04. The summed E-state index contributed by atoms with van der Waals surface area (Å²) in [6.45, 7) is 10.4. The van der Waals surface area contributed by atoms with Gasteiger partial charge in [0.2, 0.25) is 0 Å². The van der Waals surface area contributed by atoms with Crippen LogP contribution in [0.25, 0.3) is 0 Å². The van der Waals surface area contributed by atoms with Gasteiger partial charge >= 0.3 is 0 Å². The lowest BCUT2D eigenvalue weighted by atomic mass is 9.58. The van der Waals surface area contributed by atoms with Crippen LogP contribution in [-0.2, 0) is 9.47 Å². The fourth-order valence-electron chi connectivity index (χ4n) is 5.41. The Morgan fingerprint density at radius 2 is 2.04 bits per heavy atom. The third-order valence-electron chi connectivity index (χ3n) is 6.92. The predicted molar refractivity (Wildman–Crippen MR) is 93.7 cm³/mol. The van der Waals surface area contributed by atoms with Gasteiger partial charge in [0.15, 0.2) is 0 Å². The summed E-state index contributed by atoms with van der Waals surface area (Å²) in [6.07, 6.45) is 8.09. The largest absolute Gasteiger partial charge is 0.379 e. The summed E-state index contributed by atoms with van der Waals surface area (Å²) >= 11 is 0. The van der Waals surface area contributed by atoms with Crippen molar-refractivity contribution in [3.05, 3.63) is 0 Å². The predicted octanol–water partition coefficient (Wildman–Crippen LogP) is 2.72. The van der Waals surface area contributed by atoms with Gasteiger partial charge in [-0.3, -0.25) is 0 Å². The summed E-state index contributed by atoms with van der Waals surface area (Å²) in [6, 6.07) is 1.83. The minimum Gasteiger partial charge on any atom is -0.379 e. The average molecular weight is 325 g/mol. The highest BCUT2D eigenvalue weighted by molar-refractivity contribution is 5.08. The number of morpholine rings is 1. The molecule has 3 rings (SSSR count). The quantitative estimate of drug-likeness (QED) is 0.756. The van der Waals surface area contributed by atoms with Gasteiger partial charge in [-0.1, -0.05) is 20.3 Å². The van der Waals surface area contributed by atoms with Gasteiger partial charge in [-0.05, 0) is 44.9 Å². The molecule has 4 heteroatoms.